The van der Waals surface area contributed by atoms with Gasteiger partial charge in [-0.1, -0.05) is 66.2 Å². The lowest BCUT2D eigenvalue weighted by Gasteiger charge is -2.25. The van der Waals surface area contributed by atoms with Crippen LogP contribution in [-0.2, 0) is 19.5 Å². The Morgan fingerprint density at radius 1 is 0.895 bits per heavy atom. The Bertz CT molecular complexity index is 1460. The quantitative estimate of drug-likeness (QED) is 0.327. The van der Waals surface area contributed by atoms with Crippen molar-refractivity contribution in [2.75, 3.05) is 19.5 Å². The van der Waals surface area contributed by atoms with E-state index in [9.17, 15) is 18.0 Å². The van der Waals surface area contributed by atoms with Gasteiger partial charge in [-0.3, -0.25) is 0 Å². The molecule has 1 N–H and O–H groups in total. The molecule has 202 valence electrons. The zero-order chi connectivity index (χ0) is 27.6. The molecular weight excluding hydrogens is 551 g/mol. The van der Waals surface area contributed by atoms with Crippen LogP contribution in [0.1, 0.15) is 58.4 Å². The number of carbonyl (C=O) groups is 2. The van der Waals surface area contributed by atoms with E-state index in [1.165, 1.54) is 24.3 Å². The summed E-state index contributed by atoms with van der Waals surface area (Å²) < 4.78 is 39.7. The monoisotopic (exact) mass is 578 g/mol. The van der Waals surface area contributed by atoms with Crippen LogP contribution in [0.3, 0.4) is 0 Å². The van der Waals surface area contributed by atoms with Crippen LogP contribution in [0.25, 0.3) is 11.3 Å². The second kappa shape index (κ2) is 11.4. The van der Waals surface area contributed by atoms with Gasteiger partial charge in [0.25, 0.3) is 10.0 Å². The number of benzene rings is 2. The Hall–Kier alpha value is -3.01. The van der Waals surface area contributed by atoms with Gasteiger partial charge in [0.15, 0.2) is 0 Å². The molecule has 11 heteroatoms. The predicted octanol–water partition coefficient (Wildman–Crippen LogP) is 6.33. The van der Waals surface area contributed by atoms with Crippen LogP contribution in [0, 0.1) is 6.92 Å². The molecule has 0 aliphatic heterocycles. The average molecular weight is 580 g/mol. The zero-order valence-electron chi connectivity index (χ0n) is 21.2. The maximum Gasteiger partial charge on any atom is 0.342 e. The molecular formula is C27H28Cl2N2O6S. The summed E-state index contributed by atoms with van der Waals surface area (Å²) in [5.74, 6) is -1.96. The highest BCUT2D eigenvalue weighted by Crippen LogP contribution is 2.45. The summed E-state index contributed by atoms with van der Waals surface area (Å²) in [5, 5.41) is 3.43. The minimum atomic E-state index is -4.41. The third kappa shape index (κ3) is 5.15. The van der Waals surface area contributed by atoms with Gasteiger partial charge in [-0.25, -0.2) is 22.0 Å². The summed E-state index contributed by atoms with van der Waals surface area (Å²) >= 11 is 13.1. The molecule has 1 saturated carbocycles. The fraction of sp³-hybridized carbons (Fsp3) is 0.333. The van der Waals surface area contributed by atoms with Gasteiger partial charge in [0, 0.05) is 11.6 Å². The molecule has 0 radical (unpaired) electrons. The minimum Gasteiger partial charge on any atom is -0.465 e. The predicted molar refractivity (Wildman–Crippen MR) is 147 cm³/mol. The number of hydrogen-bond donors (Lipinski definition) is 1. The minimum absolute atomic E-state index is 0.0537. The standard InChI is InChI=1S/C27H28Cl2N2O6S/c1-16-12-14-18(15-13-16)38(34,35)31-24(21-19(28)10-7-11-20(21)29)22(26(32)36-2)23(27(33)37-3)25(31)30-17-8-5-4-6-9-17/h7,10-15,17,30H,4-6,8-9H2,1-3H3. The molecule has 8 nitrogen and oxygen atoms in total. The average Bonchev–Trinajstić information content (AvgIpc) is 3.23. The third-order valence-corrected chi connectivity index (χ3v) is 8.96. The lowest BCUT2D eigenvalue weighted by molar-refractivity contribution is 0.0558. The molecule has 38 heavy (non-hydrogen) atoms. The number of aryl methyl sites for hydroxylation is 1. The van der Waals surface area contributed by atoms with Crippen molar-refractivity contribution in [2.45, 2.75) is 50.0 Å². The number of methoxy groups -OCH3 is 2. The van der Waals surface area contributed by atoms with Crippen molar-refractivity contribution in [1.82, 2.24) is 3.97 Å². The Morgan fingerprint density at radius 2 is 1.45 bits per heavy atom. The summed E-state index contributed by atoms with van der Waals surface area (Å²) in [6.07, 6.45) is 4.43. The number of hydrogen-bond acceptors (Lipinski definition) is 7. The van der Waals surface area contributed by atoms with E-state index in [-0.39, 0.29) is 49.2 Å². The fourth-order valence-corrected chi connectivity index (χ4v) is 6.81. The summed E-state index contributed by atoms with van der Waals surface area (Å²) in [6.45, 7) is 1.84. The number of carbonyl (C=O) groups excluding carboxylic acids is 2. The molecule has 3 aromatic rings. The molecule has 2 aromatic carbocycles. The highest BCUT2D eigenvalue weighted by atomic mass is 35.5. The summed E-state index contributed by atoms with van der Waals surface area (Å²) in [7, 11) is -2.12. The van der Waals surface area contributed by atoms with Gasteiger partial charge in [0.05, 0.1) is 34.9 Å². The van der Waals surface area contributed by atoms with E-state index in [0.29, 0.717) is 0 Å². The smallest absolute Gasteiger partial charge is 0.342 e. The molecule has 0 spiro atoms. The number of anilines is 1. The molecule has 1 aromatic heterocycles. The number of aromatic nitrogens is 1. The van der Waals surface area contributed by atoms with E-state index in [1.807, 2.05) is 6.92 Å². The summed E-state index contributed by atoms with van der Waals surface area (Å²) in [6, 6.07) is 10.7. The van der Waals surface area contributed by atoms with Crippen molar-refractivity contribution < 1.29 is 27.5 Å². The number of rotatable bonds is 7. The van der Waals surface area contributed by atoms with Crippen molar-refractivity contribution in [2.24, 2.45) is 0 Å². The molecule has 1 heterocycles. The normalized spacial score (nSPS) is 14.2. The fourth-order valence-electron chi connectivity index (χ4n) is 4.73. The molecule has 0 saturated heterocycles. The number of ether oxygens (including phenoxy) is 2. The number of nitrogens with one attached hydrogen (secondary N) is 1. The highest BCUT2D eigenvalue weighted by Gasteiger charge is 2.40. The lowest BCUT2D eigenvalue weighted by Crippen LogP contribution is -2.27. The SMILES string of the molecule is COC(=O)c1c(C(=O)OC)c(-c2c(Cl)cccc2Cl)n(S(=O)(=O)c2ccc(C)cc2)c1NC1CCCCC1. The molecule has 0 amide bonds. The van der Waals surface area contributed by atoms with Gasteiger partial charge < -0.3 is 14.8 Å². The van der Waals surface area contributed by atoms with Gasteiger partial charge in [0.2, 0.25) is 0 Å². The maximum absolute atomic E-state index is 14.3. The lowest BCUT2D eigenvalue weighted by atomic mass is 9.95. The van der Waals surface area contributed by atoms with E-state index in [1.54, 1.807) is 18.2 Å². The second-order valence-corrected chi connectivity index (χ2v) is 11.7. The first-order valence-electron chi connectivity index (χ1n) is 12.1. The van der Waals surface area contributed by atoms with Crippen LogP contribution in [-0.4, -0.2) is 44.6 Å². The van der Waals surface area contributed by atoms with Gasteiger partial charge >= 0.3 is 11.9 Å². The molecule has 0 unspecified atom stereocenters. The van der Waals surface area contributed by atoms with Crippen LogP contribution in [0.15, 0.2) is 47.4 Å². The van der Waals surface area contributed by atoms with Gasteiger partial charge in [-0.05, 0) is 44.0 Å². The second-order valence-electron chi connectivity index (χ2n) is 9.09. The number of halogens is 2. The van der Waals surface area contributed by atoms with Crippen LogP contribution in [0.5, 0.6) is 0 Å². The van der Waals surface area contributed by atoms with Crippen LogP contribution < -0.4 is 5.32 Å². The maximum atomic E-state index is 14.3. The number of nitrogens with zero attached hydrogens (tertiary/aromatic N) is 1. The van der Waals surface area contributed by atoms with E-state index in [0.717, 1.165) is 55.9 Å². The van der Waals surface area contributed by atoms with E-state index < -0.39 is 22.0 Å². The number of esters is 2. The van der Waals surface area contributed by atoms with Crippen LogP contribution in [0.2, 0.25) is 10.0 Å². The first kappa shape index (κ1) is 28.0. The van der Waals surface area contributed by atoms with E-state index >= 15 is 0 Å². The van der Waals surface area contributed by atoms with Crippen molar-refractivity contribution in [1.29, 1.82) is 0 Å². The first-order chi connectivity index (χ1) is 18.1. The molecule has 4 rings (SSSR count). The Morgan fingerprint density at radius 3 is 2.00 bits per heavy atom. The molecule has 1 fully saturated rings. The Labute approximate surface area is 231 Å². The van der Waals surface area contributed by atoms with Crippen molar-refractivity contribution >= 4 is 51.0 Å². The van der Waals surface area contributed by atoms with E-state index in [4.69, 9.17) is 32.7 Å². The third-order valence-electron chi connectivity index (χ3n) is 6.61. The van der Waals surface area contributed by atoms with Gasteiger partial charge in [0.1, 0.15) is 16.9 Å². The van der Waals surface area contributed by atoms with Gasteiger partial charge in [-0.2, -0.15) is 0 Å². The van der Waals surface area contributed by atoms with Crippen LogP contribution >= 0.6 is 23.2 Å². The molecule has 0 atom stereocenters. The van der Waals surface area contributed by atoms with Crippen molar-refractivity contribution in [3.8, 4) is 11.3 Å². The highest BCUT2D eigenvalue weighted by molar-refractivity contribution is 7.90. The van der Waals surface area contributed by atoms with Crippen LogP contribution in [0.4, 0.5) is 5.82 Å². The van der Waals surface area contributed by atoms with Crippen molar-refractivity contribution in [3.05, 3.63) is 69.2 Å². The topological polar surface area (TPSA) is 104 Å². The largest absolute Gasteiger partial charge is 0.465 e. The summed E-state index contributed by atoms with van der Waals surface area (Å²) in [4.78, 5) is 26.5. The Kier molecular flexibility index (Phi) is 8.40. The van der Waals surface area contributed by atoms with Crippen molar-refractivity contribution in [3.63, 3.8) is 0 Å². The molecule has 0 bridgehead atoms. The molecule has 1 aliphatic rings. The van der Waals surface area contributed by atoms with Gasteiger partial charge in [-0.15, -0.1) is 0 Å². The van der Waals surface area contributed by atoms with E-state index in [2.05, 4.69) is 5.32 Å². The molecule has 1 aliphatic carbocycles. The summed E-state index contributed by atoms with van der Waals surface area (Å²) in [5.41, 5.74) is 0.146. The Balaban J connectivity index is 2.19. The first-order valence-corrected chi connectivity index (χ1v) is 14.3. The zero-order valence-corrected chi connectivity index (χ0v) is 23.5.